The fraction of sp³-hybridized carbons (Fsp3) is 0.429. The minimum absolute atomic E-state index is 0.101. The van der Waals surface area contributed by atoms with Crippen LogP contribution in [0.4, 0.5) is 5.69 Å². The Kier molecular flexibility index (Phi) is 6.59. The minimum Gasteiger partial charge on any atom is -0.494 e. The maximum atomic E-state index is 12.5. The van der Waals surface area contributed by atoms with Crippen LogP contribution in [-0.2, 0) is 16.1 Å². The highest BCUT2D eigenvalue weighted by molar-refractivity contribution is 6.04. The maximum absolute atomic E-state index is 12.5. The first-order valence-electron chi connectivity index (χ1n) is 9.94. The van der Waals surface area contributed by atoms with Crippen molar-refractivity contribution in [3.8, 4) is 5.88 Å². The number of aromatic hydroxyl groups is 1. The van der Waals surface area contributed by atoms with Gasteiger partial charge in [0.2, 0.25) is 11.8 Å². The Bertz CT molecular complexity index is 1100. The molecular weight excluding hydrogens is 402 g/mol. The highest BCUT2D eigenvalue weighted by Gasteiger charge is 2.34. The number of anilines is 1. The molecule has 1 aromatic carbocycles. The summed E-state index contributed by atoms with van der Waals surface area (Å²) in [7, 11) is 5.41. The summed E-state index contributed by atoms with van der Waals surface area (Å²) < 4.78 is 6.06. The van der Waals surface area contributed by atoms with Gasteiger partial charge in [-0.15, -0.1) is 0 Å². The third-order valence-corrected chi connectivity index (χ3v) is 5.22. The lowest BCUT2D eigenvalue weighted by Gasteiger charge is -2.21. The normalized spacial score (nSPS) is 15.8. The smallest absolute Gasteiger partial charge is 0.331 e. The molecule has 31 heavy (non-hydrogen) atoms. The van der Waals surface area contributed by atoms with Crippen LogP contribution < -0.4 is 16.1 Å². The molecule has 0 radical (unpaired) electrons. The number of rotatable bonds is 7. The van der Waals surface area contributed by atoms with Gasteiger partial charge in [0.1, 0.15) is 5.56 Å². The van der Waals surface area contributed by atoms with Gasteiger partial charge in [0.05, 0.1) is 11.8 Å². The van der Waals surface area contributed by atoms with Crippen LogP contribution in [0.25, 0.3) is 0 Å². The van der Waals surface area contributed by atoms with E-state index in [1.807, 2.05) is 43.3 Å². The van der Waals surface area contributed by atoms with Crippen LogP contribution in [0, 0.1) is 0 Å². The molecular formula is C21H27N5O5. The highest BCUT2D eigenvalue weighted by Crippen LogP contribution is 2.34. The second-order valence-corrected chi connectivity index (χ2v) is 7.57. The number of aromatic amines is 1. The standard InChI is InChI=1S/C21H27N5O5/c1-13(27)26-17(14-6-8-15(9-7-14)24(2)3)12-16(23-26)18-19(28)22-21(30)25(20(18)29)10-5-11-31-4/h6-9,17,29H,5,10-12H2,1-4H3,(H,22,28,30)/t17-/m0/s1. The molecule has 1 aromatic heterocycles. The maximum Gasteiger partial charge on any atom is 0.331 e. The third kappa shape index (κ3) is 4.53. The lowest BCUT2D eigenvalue weighted by Crippen LogP contribution is -2.34. The van der Waals surface area contributed by atoms with Crippen LogP contribution in [0.15, 0.2) is 39.0 Å². The Morgan fingerprint density at radius 3 is 2.55 bits per heavy atom. The summed E-state index contributed by atoms with van der Waals surface area (Å²) in [6.45, 7) is 1.95. The van der Waals surface area contributed by atoms with E-state index >= 15 is 0 Å². The van der Waals surface area contributed by atoms with E-state index in [1.165, 1.54) is 19.0 Å². The van der Waals surface area contributed by atoms with Gasteiger partial charge in [-0.05, 0) is 24.1 Å². The predicted molar refractivity (Wildman–Crippen MR) is 117 cm³/mol. The monoisotopic (exact) mass is 429 g/mol. The summed E-state index contributed by atoms with van der Waals surface area (Å²) in [5.41, 5.74) is 0.557. The largest absolute Gasteiger partial charge is 0.494 e. The van der Waals surface area contributed by atoms with Gasteiger partial charge in [0.15, 0.2) is 0 Å². The van der Waals surface area contributed by atoms with Crippen LogP contribution in [0.2, 0.25) is 0 Å². The van der Waals surface area contributed by atoms with Crippen molar-refractivity contribution < 1.29 is 14.6 Å². The Labute approximate surface area is 179 Å². The lowest BCUT2D eigenvalue weighted by molar-refractivity contribution is -0.130. The number of nitrogens with zero attached hydrogens (tertiary/aromatic N) is 4. The van der Waals surface area contributed by atoms with Crippen LogP contribution in [-0.4, -0.2) is 59.1 Å². The van der Waals surface area contributed by atoms with Crippen molar-refractivity contribution in [3.63, 3.8) is 0 Å². The van der Waals surface area contributed by atoms with E-state index in [1.54, 1.807) is 0 Å². The van der Waals surface area contributed by atoms with Crippen LogP contribution in [0.3, 0.4) is 0 Å². The fourth-order valence-electron chi connectivity index (χ4n) is 3.60. The SMILES string of the molecule is COCCCn1c(O)c(C2=NN(C(C)=O)[C@H](c3ccc(N(C)C)cc3)C2)c(=O)[nH]c1=O. The average Bonchev–Trinajstić information content (AvgIpc) is 3.15. The van der Waals surface area contributed by atoms with Gasteiger partial charge in [-0.25, -0.2) is 9.80 Å². The topological polar surface area (TPSA) is 120 Å². The van der Waals surface area contributed by atoms with E-state index in [2.05, 4.69) is 10.1 Å². The molecule has 0 unspecified atom stereocenters. The number of H-pyrrole nitrogens is 1. The van der Waals surface area contributed by atoms with Gasteiger partial charge < -0.3 is 14.7 Å². The van der Waals surface area contributed by atoms with Crippen molar-refractivity contribution in [1.29, 1.82) is 0 Å². The molecule has 1 aliphatic heterocycles. The zero-order chi connectivity index (χ0) is 22.7. The molecule has 166 valence electrons. The molecule has 1 amide bonds. The molecule has 0 spiro atoms. The molecule has 10 heteroatoms. The lowest BCUT2D eigenvalue weighted by atomic mass is 9.99. The first-order valence-corrected chi connectivity index (χ1v) is 9.94. The Morgan fingerprint density at radius 2 is 1.97 bits per heavy atom. The zero-order valence-corrected chi connectivity index (χ0v) is 18.1. The zero-order valence-electron chi connectivity index (χ0n) is 18.1. The number of methoxy groups -OCH3 is 1. The van der Waals surface area contributed by atoms with E-state index < -0.39 is 23.2 Å². The van der Waals surface area contributed by atoms with Crippen molar-refractivity contribution >= 4 is 17.3 Å². The molecule has 0 saturated heterocycles. The molecule has 2 aromatic rings. The number of nitrogens with one attached hydrogen (secondary N) is 1. The van der Waals surface area contributed by atoms with Crippen LogP contribution in [0.1, 0.15) is 36.9 Å². The highest BCUT2D eigenvalue weighted by atomic mass is 16.5. The van der Waals surface area contributed by atoms with Gasteiger partial charge in [-0.1, -0.05) is 12.1 Å². The number of aromatic nitrogens is 2. The molecule has 0 aliphatic carbocycles. The molecule has 1 atom stereocenters. The summed E-state index contributed by atoms with van der Waals surface area (Å²) in [5, 5.41) is 16.3. The van der Waals surface area contributed by atoms with Crippen molar-refractivity contribution in [1.82, 2.24) is 14.6 Å². The first kappa shape index (κ1) is 22.3. The second-order valence-electron chi connectivity index (χ2n) is 7.57. The van der Waals surface area contributed by atoms with Gasteiger partial charge in [-0.3, -0.25) is 19.1 Å². The molecule has 10 nitrogen and oxygen atoms in total. The quantitative estimate of drug-likeness (QED) is 0.635. The number of hydrazone groups is 1. The Morgan fingerprint density at radius 1 is 1.29 bits per heavy atom. The fourth-order valence-corrected chi connectivity index (χ4v) is 3.60. The second kappa shape index (κ2) is 9.17. The number of benzene rings is 1. The van der Waals surface area contributed by atoms with E-state index in [-0.39, 0.29) is 30.1 Å². The van der Waals surface area contributed by atoms with Crippen molar-refractivity contribution in [3.05, 3.63) is 56.2 Å². The summed E-state index contributed by atoms with van der Waals surface area (Å²) in [6, 6.07) is 7.27. The van der Waals surface area contributed by atoms with Crippen molar-refractivity contribution in [2.24, 2.45) is 5.10 Å². The number of ether oxygens (including phenoxy) is 1. The average molecular weight is 429 g/mol. The van der Waals surface area contributed by atoms with Gasteiger partial charge >= 0.3 is 5.69 Å². The van der Waals surface area contributed by atoms with Gasteiger partial charge in [-0.2, -0.15) is 5.10 Å². The molecule has 3 rings (SSSR count). The number of hydrogen-bond donors (Lipinski definition) is 2. The first-order chi connectivity index (χ1) is 14.7. The molecule has 0 bridgehead atoms. The number of carbonyl (C=O) groups is 1. The number of amides is 1. The number of carbonyl (C=O) groups excluding carboxylic acids is 1. The van der Waals surface area contributed by atoms with E-state index in [4.69, 9.17) is 4.74 Å². The number of hydrogen-bond acceptors (Lipinski definition) is 7. The van der Waals surface area contributed by atoms with Crippen molar-refractivity contribution in [2.75, 3.05) is 32.7 Å². The summed E-state index contributed by atoms with van der Waals surface area (Å²) in [6.07, 6.45) is 0.705. The van der Waals surface area contributed by atoms with Crippen LogP contribution in [0.5, 0.6) is 5.88 Å². The Hall–Kier alpha value is -3.40. The van der Waals surface area contributed by atoms with Crippen molar-refractivity contribution in [2.45, 2.75) is 32.4 Å². The van der Waals surface area contributed by atoms with E-state index in [0.29, 0.717) is 13.0 Å². The van der Waals surface area contributed by atoms with E-state index in [9.17, 15) is 19.5 Å². The Balaban J connectivity index is 1.99. The molecule has 2 N–H and O–H groups in total. The summed E-state index contributed by atoms with van der Waals surface area (Å²) in [5.74, 6) is -0.753. The van der Waals surface area contributed by atoms with E-state index in [0.717, 1.165) is 15.8 Å². The summed E-state index contributed by atoms with van der Waals surface area (Å²) in [4.78, 5) is 41.1. The molecule has 2 heterocycles. The molecule has 0 fully saturated rings. The predicted octanol–water partition coefficient (Wildman–Crippen LogP) is 1.04. The minimum atomic E-state index is -0.739. The van der Waals surface area contributed by atoms with Gasteiger partial charge in [0.25, 0.3) is 5.56 Å². The van der Waals surface area contributed by atoms with Gasteiger partial charge in [0, 0.05) is 53.4 Å². The van der Waals surface area contributed by atoms with Crippen LogP contribution >= 0.6 is 0 Å². The molecule has 0 saturated carbocycles. The summed E-state index contributed by atoms with van der Waals surface area (Å²) >= 11 is 0. The molecule has 1 aliphatic rings. The third-order valence-electron chi connectivity index (χ3n) is 5.22.